The number of anilines is 1. The number of aromatic nitrogens is 3. The van der Waals surface area contributed by atoms with Crippen LogP contribution in [0, 0.1) is 17.1 Å². The van der Waals surface area contributed by atoms with Gasteiger partial charge in [-0.25, -0.2) is 4.39 Å². The predicted octanol–water partition coefficient (Wildman–Crippen LogP) is 5.33. The zero-order chi connectivity index (χ0) is 22.5. The van der Waals surface area contributed by atoms with Gasteiger partial charge in [0.1, 0.15) is 5.82 Å². The molecule has 158 valence electrons. The minimum absolute atomic E-state index is 0.00584. The van der Waals surface area contributed by atoms with Crippen LogP contribution < -0.4 is 5.32 Å². The number of nitrogens with zero attached hydrogens (tertiary/aromatic N) is 4. The summed E-state index contributed by atoms with van der Waals surface area (Å²) < 4.78 is 16.2. The molecule has 0 aliphatic carbocycles. The van der Waals surface area contributed by atoms with Gasteiger partial charge < -0.3 is 5.32 Å². The molecule has 0 saturated heterocycles. The van der Waals surface area contributed by atoms with Crippen molar-refractivity contribution in [3.05, 3.63) is 89.2 Å². The number of carbonyl (C=O) groups is 1. The van der Waals surface area contributed by atoms with Gasteiger partial charge in [0.2, 0.25) is 5.91 Å². The minimum atomic E-state index is -0.458. The first-order valence-corrected chi connectivity index (χ1v) is 10.8. The average Bonchev–Trinajstić information content (AvgIpc) is 3.22. The summed E-state index contributed by atoms with van der Waals surface area (Å²) in [5, 5.41) is 20.9. The number of hydrogen-bond acceptors (Lipinski definition) is 5. The van der Waals surface area contributed by atoms with Crippen molar-refractivity contribution in [2.24, 2.45) is 0 Å². The Morgan fingerprint density at radius 1 is 1.09 bits per heavy atom. The molecule has 0 aliphatic heterocycles. The van der Waals surface area contributed by atoms with Gasteiger partial charge in [0.15, 0.2) is 11.0 Å². The molecule has 4 rings (SSSR count). The second-order valence-corrected chi connectivity index (χ2v) is 7.95. The van der Waals surface area contributed by atoms with Gasteiger partial charge in [0.05, 0.1) is 28.1 Å². The van der Waals surface area contributed by atoms with Gasteiger partial charge >= 0.3 is 0 Å². The number of nitriles is 1. The summed E-state index contributed by atoms with van der Waals surface area (Å²) in [6, 6.07) is 22.0. The SMILES string of the molecule is N#Cc1cccc(NC(=O)CSc2nnc(-c3ccccc3Cl)n2-c2ccccc2F)c1. The quantitative estimate of drug-likeness (QED) is 0.391. The van der Waals surface area contributed by atoms with Crippen molar-refractivity contribution >= 4 is 35.0 Å². The maximum Gasteiger partial charge on any atom is 0.234 e. The molecule has 0 aliphatic rings. The van der Waals surface area contributed by atoms with Crippen LogP contribution in [-0.4, -0.2) is 26.4 Å². The number of nitrogens with one attached hydrogen (secondary N) is 1. The number of rotatable bonds is 6. The Morgan fingerprint density at radius 3 is 2.66 bits per heavy atom. The standard InChI is InChI=1S/C23H15ClFN5OS/c24-18-9-2-1-8-17(18)22-28-29-23(30(22)20-11-4-3-10-19(20)25)32-14-21(31)27-16-7-5-6-15(12-16)13-26/h1-12H,14H2,(H,27,31). The Morgan fingerprint density at radius 2 is 1.88 bits per heavy atom. The van der Waals surface area contributed by atoms with E-state index < -0.39 is 5.82 Å². The predicted molar refractivity (Wildman–Crippen MR) is 122 cm³/mol. The molecular formula is C23H15ClFN5OS. The van der Waals surface area contributed by atoms with Crippen LogP contribution in [0.4, 0.5) is 10.1 Å². The Bertz CT molecular complexity index is 1330. The van der Waals surface area contributed by atoms with E-state index in [0.29, 0.717) is 32.8 Å². The van der Waals surface area contributed by atoms with E-state index in [-0.39, 0.29) is 17.3 Å². The molecule has 32 heavy (non-hydrogen) atoms. The number of thioether (sulfide) groups is 1. The van der Waals surface area contributed by atoms with Gasteiger partial charge in [0.25, 0.3) is 0 Å². The third-order valence-corrected chi connectivity index (χ3v) is 5.71. The zero-order valence-electron chi connectivity index (χ0n) is 16.5. The van der Waals surface area contributed by atoms with Crippen molar-refractivity contribution in [3.63, 3.8) is 0 Å². The van der Waals surface area contributed by atoms with Crippen LogP contribution >= 0.6 is 23.4 Å². The summed E-state index contributed by atoms with van der Waals surface area (Å²) in [6.07, 6.45) is 0. The second-order valence-electron chi connectivity index (χ2n) is 6.60. The van der Waals surface area contributed by atoms with Crippen LogP contribution in [-0.2, 0) is 4.79 Å². The highest BCUT2D eigenvalue weighted by Crippen LogP contribution is 2.32. The molecular weight excluding hydrogens is 449 g/mol. The van der Waals surface area contributed by atoms with Gasteiger partial charge in [0, 0.05) is 11.3 Å². The summed E-state index contributed by atoms with van der Waals surface area (Å²) in [7, 11) is 0. The first-order chi connectivity index (χ1) is 15.6. The molecule has 1 heterocycles. The first-order valence-electron chi connectivity index (χ1n) is 9.45. The van der Waals surface area contributed by atoms with Crippen molar-refractivity contribution in [2.45, 2.75) is 5.16 Å². The van der Waals surface area contributed by atoms with Crippen molar-refractivity contribution in [3.8, 4) is 23.1 Å². The Labute approximate surface area is 192 Å². The third-order valence-electron chi connectivity index (χ3n) is 4.45. The lowest BCUT2D eigenvalue weighted by Gasteiger charge is -2.12. The number of amides is 1. The van der Waals surface area contributed by atoms with E-state index >= 15 is 0 Å². The van der Waals surface area contributed by atoms with Crippen LogP contribution in [0.1, 0.15) is 5.56 Å². The maximum atomic E-state index is 14.7. The van der Waals surface area contributed by atoms with Crippen LogP contribution in [0.15, 0.2) is 78.0 Å². The number of halogens is 2. The molecule has 1 N–H and O–H groups in total. The molecule has 0 bridgehead atoms. The average molecular weight is 464 g/mol. The maximum absolute atomic E-state index is 14.7. The smallest absolute Gasteiger partial charge is 0.234 e. The molecule has 0 saturated carbocycles. The van der Waals surface area contributed by atoms with E-state index in [9.17, 15) is 9.18 Å². The summed E-state index contributed by atoms with van der Waals surface area (Å²) >= 11 is 7.45. The Kier molecular flexibility index (Phi) is 6.50. The molecule has 0 fully saturated rings. The fourth-order valence-electron chi connectivity index (χ4n) is 3.02. The normalized spacial score (nSPS) is 10.5. The van der Waals surface area contributed by atoms with Crippen LogP contribution in [0.25, 0.3) is 17.1 Å². The topological polar surface area (TPSA) is 83.6 Å². The summed E-state index contributed by atoms with van der Waals surface area (Å²) in [5.41, 5.74) is 1.80. The lowest BCUT2D eigenvalue weighted by atomic mass is 10.2. The molecule has 0 radical (unpaired) electrons. The molecule has 1 amide bonds. The van der Waals surface area contributed by atoms with Gasteiger partial charge in [-0.3, -0.25) is 9.36 Å². The number of para-hydroxylation sites is 1. The van der Waals surface area contributed by atoms with Crippen molar-refractivity contribution in [1.82, 2.24) is 14.8 Å². The van der Waals surface area contributed by atoms with E-state index in [1.165, 1.54) is 6.07 Å². The van der Waals surface area contributed by atoms with Gasteiger partial charge in [-0.15, -0.1) is 10.2 Å². The molecule has 0 atom stereocenters. The lowest BCUT2D eigenvalue weighted by Crippen LogP contribution is -2.14. The molecule has 1 aromatic heterocycles. The van der Waals surface area contributed by atoms with Crippen LogP contribution in [0.2, 0.25) is 5.02 Å². The van der Waals surface area contributed by atoms with Crippen molar-refractivity contribution < 1.29 is 9.18 Å². The first kappa shape index (κ1) is 21.6. The van der Waals surface area contributed by atoms with Gasteiger partial charge in [-0.05, 0) is 42.5 Å². The van der Waals surface area contributed by atoms with Crippen LogP contribution in [0.3, 0.4) is 0 Å². The van der Waals surface area contributed by atoms with E-state index in [2.05, 4.69) is 15.5 Å². The van der Waals surface area contributed by atoms with Crippen molar-refractivity contribution in [2.75, 3.05) is 11.1 Å². The highest BCUT2D eigenvalue weighted by atomic mass is 35.5. The van der Waals surface area contributed by atoms with Gasteiger partial charge in [-0.1, -0.05) is 53.7 Å². The molecule has 0 unspecified atom stereocenters. The summed E-state index contributed by atoms with van der Waals surface area (Å²) in [5.74, 6) is -0.385. The molecule has 9 heteroatoms. The van der Waals surface area contributed by atoms with E-state index in [4.69, 9.17) is 16.9 Å². The van der Waals surface area contributed by atoms with E-state index in [0.717, 1.165) is 11.8 Å². The number of carbonyl (C=O) groups excluding carboxylic acids is 1. The largest absolute Gasteiger partial charge is 0.325 e. The molecule has 4 aromatic rings. The zero-order valence-corrected chi connectivity index (χ0v) is 18.1. The fraction of sp³-hybridized carbons (Fsp3) is 0.0435. The highest BCUT2D eigenvalue weighted by Gasteiger charge is 2.20. The third kappa shape index (κ3) is 4.64. The monoisotopic (exact) mass is 463 g/mol. The molecule has 3 aromatic carbocycles. The van der Waals surface area contributed by atoms with Crippen LogP contribution in [0.5, 0.6) is 0 Å². The second kappa shape index (κ2) is 9.64. The molecule has 6 nitrogen and oxygen atoms in total. The Hall–Kier alpha value is -3.67. The summed E-state index contributed by atoms with van der Waals surface area (Å²) in [4.78, 5) is 12.5. The Balaban J connectivity index is 1.63. The minimum Gasteiger partial charge on any atom is -0.325 e. The number of hydrogen-bond donors (Lipinski definition) is 1. The lowest BCUT2D eigenvalue weighted by molar-refractivity contribution is -0.113. The van der Waals surface area contributed by atoms with E-state index in [1.807, 2.05) is 6.07 Å². The van der Waals surface area contributed by atoms with Crippen molar-refractivity contribution in [1.29, 1.82) is 5.26 Å². The molecule has 0 spiro atoms. The number of benzene rings is 3. The fourth-order valence-corrected chi connectivity index (χ4v) is 3.99. The van der Waals surface area contributed by atoms with Gasteiger partial charge in [-0.2, -0.15) is 5.26 Å². The van der Waals surface area contributed by atoms with E-state index in [1.54, 1.807) is 71.3 Å². The summed E-state index contributed by atoms with van der Waals surface area (Å²) in [6.45, 7) is 0. The highest BCUT2D eigenvalue weighted by molar-refractivity contribution is 7.99.